The summed E-state index contributed by atoms with van der Waals surface area (Å²) in [6.07, 6.45) is 1.07. The minimum atomic E-state index is -1.25. The van der Waals surface area contributed by atoms with Gasteiger partial charge in [-0.3, -0.25) is 0 Å². The molecular weight excluding hydrogens is 255 g/mol. The molecule has 0 aliphatic heterocycles. The van der Waals surface area contributed by atoms with E-state index in [9.17, 15) is 9.18 Å². The molecule has 0 saturated carbocycles. The number of rotatable bonds is 4. The summed E-state index contributed by atoms with van der Waals surface area (Å²) in [4.78, 5) is 10.9. The highest BCUT2D eigenvalue weighted by Gasteiger charge is 2.11. The lowest BCUT2D eigenvalue weighted by Gasteiger charge is -2.10. The van der Waals surface area contributed by atoms with Crippen LogP contribution in [0, 0.1) is 5.82 Å². The third kappa shape index (κ3) is 2.87. The van der Waals surface area contributed by atoms with Crippen molar-refractivity contribution in [3.63, 3.8) is 0 Å². The number of carboxylic acid groups (broad SMARTS) is 1. The fraction of sp³-hybridized carbons (Fsp3) is 0.235. The zero-order chi connectivity index (χ0) is 14.7. The second kappa shape index (κ2) is 5.87. The Morgan fingerprint density at radius 2 is 1.75 bits per heavy atom. The molecule has 20 heavy (non-hydrogen) atoms. The molecule has 2 aromatic rings. The van der Waals surface area contributed by atoms with E-state index in [1.165, 1.54) is 17.7 Å². The number of carboxylic acids is 1. The molecule has 0 aliphatic carbocycles. The molecule has 0 heterocycles. The van der Waals surface area contributed by atoms with Gasteiger partial charge in [-0.05, 0) is 41.2 Å². The van der Waals surface area contributed by atoms with Crippen molar-refractivity contribution in [2.45, 2.75) is 26.2 Å². The molecule has 2 aromatic carbocycles. The van der Waals surface area contributed by atoms with Crippen LogP contribution < -0.4 is 0 Å². The molecule has 2 rings (SSSR count). The van der Waals surface area contributed by atoms with Crippen molar-refractivity contribution < 1.29 is 14.3 Å². The van der Waals surface area contributed by atoms with E-state index in [2.05, 4.69) is 13.8 Å². The summed E-state index contributed by atoms with van der Waals surface area (Å²) in [5, 5.41) is 8.95. The van der Waals surface area contributed by atoms with Crippen LogP contribution in [0.1, 0.15) is 42.1 Å². The van der Waals surface area contributed by atoms with Crippen molar-refractivity contribution >= 4 is 5.97 Å². The topological polar surface area (TPSA) is 37.3 Å². The van der Waals surface area contributed by atoms with Gasteiger partial charge in [-0.1, -0.05) is 44.2 Å². The highest BCUT2D eigenvalue weighted by Crippen LogP contribution is 2.25. The normalized spacial score (nSPS) is 12.2. The van der Waals surface area contributed by atoms with Crippen molar-refractivity contribution in [2.24, 2.45) is 0 Å². The third-order valence-electron chi connectivity index (χ3n) is 3.62. The van der Waals surface area contributed by atoms with Crippen LogP contribution in [-0.2, 0) is 0 Å². The average Bonchev–Trinajstić information content (AvgIpc) is 2.47. The van der Waals surface area contributed by atoms with Crippen LogP contribution in [0.5, 0.6) is 0 Å². The van der Waals surface area contributed by atoms with Crippen LogP contribution in [0.15, 0.2) is 42.5 Å². The fourth-order valence-electron chi connectivity index (χ4n) is 2.11. The van der Waals surface area contributed by atoms with Crippen LogP contribution in [0.4, 0.5) is 4.39 Å². The highest BCUT2D eigenvalue weighted by atomic mass is 19.1. The van der Waals surface area contributed by atoms with Gasteiger partial charge < -0.3 is 5.11 Å². The van der Waals surface area contributed by atoms with Gasteiger partial charge in [0, 0.05) is 0 Å². The zero-order valence-corrected chi connectivity index (χ0v) is 11.6. The summed E-state index contributed by atoms with van der Waals surface area (Å²) in [6.45, 7) is 4.30. The van der Waals surface area contributed by atoms with E-state index in [-0.39, 0.29) is 5.56 Å². The van der Waals surface area contributed by atoms with Gasteiger partial charge in [0.05, 0.1) is 5.56 Å². The number of carbonyl (C=O) groups is 1. The van der Waals surface area contributed by atoms with Crippen LogP contribution in [-0.4, -0.2) is 11.1 Å². The van der Waals surface area contributed by atoms with Crippen LogP contribution in [0.2, 0.25) is 0 Å². The van der Waals surface area contributed by atoms with E-state index in [0.29, 0.717) is 11.5 Å². The summed E-state index contributed by atoms with van der Waals surface area (Å²) >= 11 is 0. The van der Waals surface area contributed by atoms with E-state index in [1.807, 2.05) is 24.3 Å². The van der Waals surface area contributed by atoms with E-state index >= 15 is 0 Å². The molecule has 1 N–H and O–H groups in total. The first-order valence-corrected chi connectivity index (χ1v) is 6.66. The second-order valence-electron chi connectivity index (χ2n) is 4.93. The molecule has 0 aromatic heterocycles. The Bertz CT molecular complexity index is 617. The highest BCUT2D eigenvalue weighted by molar-refractivity contribution is 5.89. The van der Waals surface area contributed by atoms with Gasteiger partial charge in [0.15, 0.2) is 0 Å². The Labute approximate surface area is 117 Å². The zero-order valence-electron chi connectivity index (χ0n) is 11.6. The molecule has 0 bridgehead atoms. The van der Waals surface area contributed by atoms with Gasteiger partial charge in [0.1, 0.15) is 5.82 Å². The second-order valence-corrected chi connectivity index (χ2v) is 4.93. The summed E-state index contributed by atoms with van der Waals surface area (Å²) in [5.74, 6) is -1.47. The number of hydrogen-bond acceptors (Lipinski definition) is 1. The molecule has 0 saturated heterocycles. The van der Waals surface area contributed by atoms with Crippen molar-refractivity contribution in [1.29, 1.82) is 0 Å². The number of benzene rings is 2. The molecule has 1 atom stereocenters. The Kier molecular flexibility index (Phi) is 4.18. The summed E-state index contributed by atoms with van der Waals surface area (Å²) in [7, 11) is 0. The molecule has 0 spiro atoms. The lowest BCUT2D eigenvalue weighted by Crippen LogP contribution is -2.00. The van der Waals surface area contributed by atoms with Gasteiger partial charge in [0.2, 0.25) is 0 Å². The molecular formula is C17H17FO2. The smallest absolute Gasteiger partial charge is 0.338 e. The average molecular weight is 272 g/mol. The number of halogens is 1. The molecule has 0 fully saturated rings. The van der Waals surface area contributed by atoms with Crippen molar-refractivity contribution in [3.8, 4) is 11.1 Å². The maximum Gasteiger partial charge on any atom is 0.338 e. The Morgan fingerprint density at radius 1 is 1.15 bits per heavy atom. The van der Waals surface area contributed by atoms with Gasteiger partial charge in [-0.15, -0.1) is 0 Å². The van der Waals surface area contributed by atoms with E-state index in [0.717, 1.165) is 12.0 Å². The molecule has 104 valence electrons. The minimum Gasteiger partial charge on any atom is -0.478 e. The summed E-state index contributed by atoms with van der Waals surface area (Å²) in [5.41, 5.74) is 2.55. The van der Waals surface area contributed by atoms with Crippen LogP contribution in [0.25, 0.3) is 11.1 Å². The van der Waals surface area contributed by atoms with Crippen LogP contribution in [0.3, 0.4) is 0 Å². The molecule has 0 amide bonds. The van der Waals surface area contributed by atoms with Gasteiger partial charge in [-0.2, -0.15) is 0 Å². The Morgan fingerprint density at radius 3 is 2.30 bits per heavy atom. The predicted octanol–water partition coefficient (Wildman–Crippen LogP) is 4.70. The van der Waals surface area contributed by atoms with Gasteiger partial charge in [-0.25, -0.2) is 9.18 Å². The third-order valence-corrected chi connectivity index (χ3v) is 3.62. The molecule has 3 heteroatoms. The first-order valence-electron chi connectivity index (χ1n) is 6.66. The fourth-order valence-corrected chi connectivity index (χ4v) is 2.11. The molecule has 0 aliphatic rings. The van der Waals surface area contributed by atoms with E-state index in [4.69, 9.17) is 5.11 Å². The van der Waals surface area contributed by atoms with Crippen molar-refractivity contribution in [3.05, 3.63) is 59.4 Å². The van der Waals surface area contributed by atoms with E-state index in [1.54, 1.807) is 6.07 Å². The number of aromatic carboxylic acids is 1. The van der Waals surface area contributed by atoms with E-state index < -0.39 is 11.8 Å². The quantitative estimate of drug-likeness (QED) is 0.875. The summed E-state index contributed by atoms with van der Waals surface area (Å²) in [6, 6.07) is 12.1. The Hall–Kier alpha value is -2.16. The van der Waals surface area contributed by atoms with Crippen molar-refractivity contribution in [1.82, 2.24) is 0 Å². The molecule has 1 unspecified atom stereocenters. The lowest BCUT2D eigenvalue weighted by atomic mass is 9.95. The largest absolute Gasteiger partial charge is 0.478 e. The van der Waals surface area contributed by atoms with Crippen molar-refractivity contribution in [2.75, 3.05) is 0 Å². The van der Waals surface area contributed by atoms with Crippen LogP contribution >= 0.6 is 0 Å². The first kappa shape index (κ1) is 14.3. The summed E-state index contributed by atoms with van der Waals surface area (Å²) < 4.78 is 13.4. The molecule has 2 nitrogen and oxygen atoms in total. The maximum atomic E-state index is 13.4. The predicted molar refractivity (Wildman–Crippen MR) is 77.5 cm³/mol. The standard InChI is InChI=1S/C17H17FO2/c1-3-11(2)12-4-6-13(7-5-12)14-8-9-16(18)15(10-14)17(19)20/h4-11H,3H2,1-2H3,(H,19,20). The minimum absolute atomic E-state index is 0.298. The monoisotopic (exact) mass is 272 g/mol. The first-order chi connectivity index (χ1) is 9.52. The lowest BCUT2D eigenvalue weighted by molar-refractivity contribution is 0.0692. The van der Waals surface area contributed by atoms with Gasteiger partial charge >= 0.3 is 5.97 Å². The Balaban J connectivity index is 2.37. The number of hydrogen-bond donors (Lipinski definition) is 1. The maximum absolute atomic E-state index is 13.4. The SMILES string of the molecule is CCC(C)c1ccc(-c2ccc(F)c(C(=O)O)c2)cc1. The van der Waals surface area contributed by atoms with Gasteiger partial charge in [0.25, 0.3) is 0 Å². The molecule has 0 radical (unpaired) electrons.